The Labute approximate surface area is 226 Å². The third-order valence-electron chi connectivity index (χ3n) is 6.13. The zero-order chi connectivity index (χ0) is 27.4. The van der Waals surface area contributed by atoms with Crippen molar-refractivity contribution >= 4 is 29.7 Å². The number of ether oxygens (including phenoxy) is 1. The molecule has 1 aromatic carbocycles. The van der Waals surface area contributed by atoms with E-state index in [0.29, 0.717) is 23.3 Å². The first-order chi connectivity index (χ1) is 17.6. The van der Waals surface area contributed by atoms with Gasteiger partial charge in [0, 0.05) is 18.2 Å². The van der Waals surface area contributed by atoms with Crippen LogP contribution in [0, 0.1) is 12.3 Å². The number of terminal acetylenes is 1. The Morgan fingerprint density at radius 2 is 1.92 bits per heavy atom. The van der Waals surface area contributed by atoms with Gasteiger partial charge in [0.1, 0.15) is 17.7 Å². The van der Waals surface area contributed by atoms with Crippen LogP contribution in [0.4, 0.5) is 4.79 Å². The molecule has 37 heavy (non-hydrogen) atoms. The number of rotatable bonds is 11. The lowest BCUT2D eigenvalue weighted by Crippen LogP contribution is -2.54. The van der Waals surface area contributed by atoms with Crippen molar-refractivity contribution in [1.29, 1.82) is 0 Å². The van der Waals surface area contributed by atoms with E-state index in [4.69, 9.17) is 11.2 Å². The lowest BCUT2D eigenvalue weighted by molar-refractivity contribution is -0.142. The van der Waals surface area contributed by atoms with Crippen molar-refractivity contribution in [2.24, 2.45) is 0 Å². The normalized spacial score (nSPS) is 15.5. The van der Waals surface area contributed by atoms with Crippen LogP contribution in [0.1, 0.15) is 76.5 Å². The van der Waals surface area contributed by atoms with Crippen LogP contribution in [0.15, 0.2) is 36.9 Å². The highest BCUT2D eigenvalue weighted by atomic mass is 32.2. The van der Waals surface area contributed by atoms with Crippen LogP contribution in [0.3, 0.4) is 0 Å². The topological polar surface area (TPSA) is 87.7 Å². The van der Waals surface area contributed by atoms with Crippen molar-refractivity contribution in [2.75, 3.05) is 18.6 Å². The fourth-order valence-corrected chi connectivity index (χ4v) is 4.92. The van der Waals surface area contributed by atoms with Crippen LogP contribution >= 0.6 is 11.8 Å². The van der Waals surface area contributed by atoms with Gasteiger partial charge >= 0.3 is 6.09 Å². The highest BCUT2D eigenvalue weighted by Crippen LogP contribution is 2.27. The third kappa shape index (κ3) is 9.47. The molecule has 2 unspecified atom stereocenters. The molecule has 0 heterocycles. The van der Waals surface area contributed by atoms with E-state index in [-0.39, 0.29) is 18.5 Å². The first-order valence-electron chi connectivity index (χ1n) is 12.9. The maximum Gasteiger partial charge on any atom is 0.408 e. The SMILES string of the molecule is C#Cc1ccccc1C(C(=O)NC1CCCCC1)N(CC=C)C(=O)C(CCSC)NC(=O)OC(C)(C)C. The smallest absolute Gasteiger partial charge is 0.408 e. The van der Waals surface area contributed by atoms with Crippen LogP contribution in [-0.4, -0.2) is 59.0 Å². The molecule has 202 valence electrons. The molecule has 2 atom stereocenters. The van der Waals surface area contributed by atoms with Gasteiger partial charge in [0.05, 0.1) is 0 Å². The molecule has 0 aromatic heterocycles. The van der Waals surface area contributed by atoms with Crippen LogP contribution in [0.5, 0.6) is 0 Å². The van der Waals surface area contributed by atoms with Gasteiger partial charge in [-0.15, -0.1) is 13.0 Å². The standard InChI is InChI=1S/C29H41N3O4S/c1-7-19-32(27(34)24(18-20-37-6)31-28(35)36-29(3,4)5)25(23-17-13-12-14-21(23)8-2)26(33)30-22-15-10-9-11-16-22/h2,7,12-14,17,22,24-25H,1,9-11,15-16,18-20H2,3-6H3,(H,30,33)(H,31,35). The van der Waals surface area contributed by atoms with Gasteiger partial charge in [0.2, 0.25) is 11.8 Å². The van der Waals surface area contributed by atoms with Gasteiger partial charge in [-0.05, 0) is 63.7 Å². The quantitative estimate of drug-likeness (QED) is 0.318. The summed E-state index contributed by atoms with van der Waals surface area (Å²) in [5.41, 5.74) is 0.384. The minimum Gasteiger partial charge on any atom is -0.444 e. The maximum absolute atomic E-state index is 14.0. The summed E-state index contributed by atoms with van der Waals surface area (Å²) < 4.78 is 5.41. The Morgan fingerprint density at radius 3 is 2.51 bits per heavy atom. The van der Waals surface area contributed by atoms with E-state index in [2.05, 4.69) is 23.1 Å². The summed E-state index contributed by atoms with van der Waals surface area (Å²) >= 11 is 1.56. The number of amides is 3. The van der Waals surface area contributed by atoms with Gasteiger partial charge in [-0.1, -0.05) is 49.5 Å². The summed E-state index contributed by atoms with van der Waals surface area (Å²) in [6.07, 6.45) is 14.1. The zero-order valence-electron chi connectivity index (χ0n) is 22.5. The number of carbonyl (C=O) groups excluding carboxylic acids is 3. The van der Waals surface area contributed by atoms with Gasteiger partial charge in [0.15, 0.2) is 0 Å². The Balaban J connectivity index is 2.47. The largest absolute Gasteiger partial charge is 0.444 e. The summed E-state index contributed by atoms with van der Waals surface area (Å²) in [4.78, 5) is 41.9. The number of nitrogens with one attached hydrogen (secondary N) is 2. The van der Waals surface area contributed by atoms with Crippen molar-refractivity contribution in [1.82, 2.24) is 15.5 Å². The Bertz CT molecular complexity index is 976. The molecule has 1 fully saturated rings. The second-order valence-electron chi connectivity index (χ2n) is 10.2. The number of hydrogen-bond donors (Lipinski definition) is 2. The molecular weight excluding hydrogens is 486 g/mol. The second-order valence-corrected chi connectivity index (χ2v) is 11.2. The van der Waals surface area contributed by atoms with Crippen molar-refractivity contribution in [3.63, 3.8) is 0 Å². The monoisotopic (exact) mass is 527 g/mol. The fraction of sp³-hybridized carbons (Fsp3) is 0.552. The highest BCUT2D eigenvalue weighted by Gasteiger charge is 2.37. The lowest BCUT2D eigenvalue weighted by atomic mass is 9.93. The number of thioether (sulfide) groups is 1. The predicted octanol–water partition coefficient (Wildman–Crippen LogP) is 4.82. The van der Waals surface area contributed by atoms with Crippen molar-refractivity contribution < 1.29 is 19.1 Å². The molecule has 1 aliphatic rings. The lowest BCUT2D eigenvalue weighted by Gasteiger charge is -2.35. The molecule has 7 nitrogen and oxygen atoms in total. The molecule has 8 heteroatoms. The summed E-state index contributed by atoms with van der Waals surface area (Å²) in [6, 6.07) is 5.34. The van der Waals surface area contributed by atoms with E-state index < -0.39 is 29.7 Å². The number of carbonyl (C=O) groups is 3. The number of benzene rings is 1. The Kier molecular flexibility index (Phi) is 12.1. The van der Waals surface area contributed by atoms with E-state index >= 15 is 0 Å². The molecule has 1 aromatic rings. The molecule has 0 spiro atoms. The zero-order valence-corrected chi connectivity index (χ0v) is 23.4. The molecule has 0 aliphatic heterocycles. The number of nitrogens with zero attached hydrogens (tertiary/aromatic N) is 1. The van der Waals surface area contributed by atoms with Crippen LogP contribution in [0.2, 0.25) is 0 Å². The molecule has 2 rings (SSSR count). The van der Waals surface area contributed by atoms with Crippen molar-refractivity contribution in [3.05, 3.63) is 48.0 Å². The molecule has 3 amide bonds. The summed E-state index contributed by atoms with van der Waals surface area (Å²) in [7, 11) is 0. The molecule has 1 aliphatic carbocycles. The van der Waals surface area contributed by atoms with Gasteiger partial charge in [-0.3, -0.25) is 9.59 Å². The van der Waals surface area contributed by atoms with E-state index in [9.17, 15) is 14.4 Å². The summed E-state index contributed by atoms with van der Waals surface area (Å²) in [5, 5.41) is 5.89. The van der Waals surface area contributed by atoms with E-state index in [0.717, 1.165) is 32.1 Å². The Morgan fingerprint density at radius 1 is 1.24 bits per heavy atom. The minimum atomic E-state index is -0.975. The first kappa shape index (κ1) is 30.3. The molecule has 1 saturated carbocycles. The van der Waals surface area contributed by atoms with Crippen LogP contribution in [-0.2, 0) is 14.3 Å². The van der Waals surface area contributed by atoms with Gasteiger partial charge < -0.3 is 20.3 Å². The number of hydrogen-bond acceptors (Lipinski definition) is 5. The molecular formula is C29H41N3O4S. The van der Waals surface area contributed by atoms with Crippen molar-refractivity contribution in [3.8, 4) is 12.3 Å². The molecule has 0 bridgehead atoms. The fourth-order valence-electron chi connectivity index (χ4n) is 4.45. The van der Waals surface area contributed by atoms with Gasteiger partial charge in [-0.2, -0.15) is 11.8 Å². The summed E-state index contributed by atoms with van der Waals surface area (Å²) in [5.74, 6) is 2.61. The highest BCUT2D eigenvalue weighted by molar-refractivity contribution is 7.98. The third-order valence-corrected chi connectivity index (χ3v) is 6.77. The first-order valence-corrected chi connectivity index (χ1v) is 14.3. The average molecular weight is 528 g/mol. The van der Waals surface area contributed by atoms with Gasteiger partial charge in [-0.25, -0.2) is 4.79 Å². The van der Waals surface area contributed by atoms with E-state index in [1.54, 1.807) is 62.9 Å². The summed E-state index contributed by atoms with van der Waals surface area (Å²) in [6.45, 7) is 9.21. The maximum atomic E-state index is 14.0. The predicted molar refractivity (Wildman–Crippen MR) is 150 cm³/mol. The van der Waals surface area contributed by atoms with Crippen molar-refractivity contribution in [2.45, 2.75) is 83.0 Å². The van der Waals surface area contributed by atoms with Crippen LogP contribution < -0.4 is 10.6 Å². The minimum absolute atomic E-state index is 0.0506. The number of alkyl carbamates (subject to hydrolysis) is 1. The van der Waals surface area contributed by atoms with E-state index in [1.165, 1.54) is 4.90 Å². The molecule has 2 N–H and O–H groups in total. The average Bonchev–Trinajstić information content (AvgIpc) is 2.85. The van der Waals surface area contributed by atoms with Gasteiger partial charge in [0.25, 0.3) is 0 Å². The molecule has 0 radical (unpaired) electrons. The molecule has 0 saturated heterocycles. The van der Waals surface area contributed by atoms with E-state index in [1.807, 2.05) is 6.26 Å². The Hall–Kier alpha value is -2.92. The second kappa shape index (κ2) is 14.7. The van der Waals surface area contributed by atoms with Crippen LogP contribution in [0.25, 0.3) is 0 Å².